The highest BCUT2D eigenvalue weighted by Crippen LogP contribution is 2.25. The zero-order chi connectivity index (χ0) is 23.6. The standard InChI is InChI=1S/C27H46N2O3/c1-5-18-23(30)19-16-14-12-10-8-9-11-13-15-17-20-25-26(32-4)24(21-22-28-25)27(31)29(6-2)7-3/h21-22H,5-20H2,1-4H3. The van der Waals surface area contributed by atoms with Gasteiger partial charge in [0, 0.05) is 32.1 Å². The normalized spacial score (nSPS) is 10.9. The van der Waals surface area contributed by atoms with E-state index in [9.17, 15) is 9.59 Å². The van der Waals surface area contributed by atoms with Crippen molar-refractivity contribution in [2.24, 2.45) is 0 Å². The molecule has 0 fully saturated rings. The molecule has 32 heavy (non-hydrogen) atoms. The van der Waals surface area contributed by atoms with E-state index >= 15 is 0 Å². The molecular weight excluding hydrogens is 400 g/mol. The van der Waals surface area contributed by atoms with Crippen LogP contribution in [0.2, 0.25) is 0 Å². The van der Waals surface area contributed by atoms with Gasteiger partial charge in [0.2, 0.25) is 0 Å². The van der Waals surface area contributed by atoms with Crippen LogP contribution in [-0.4, -0.2) is 41.8 Å². The van der Waals surface area contributed by atoms with E-state index in [0.29, 0.717) is 30.2 Å². The third-order valence-corrected chi connectivity index (χ3v) is 6.11. The second kappa shape index (κ2) is 17.6. The molecule has 0 unspecified atom stereocenters. The monoisotopic (exact) mass is 446 g/mol. The van der Waals surface area contributed by atoms with Crippen LogP contribution in [0.4, 0.5) is 0 Å². The van der Waals surface area contributed by atoms with E-state index in [1.165, 1.54) is 51.4 Å². The van der Waals surface area contributed by atoms with Crippen LogP contribution in [0, 0.1) is 0 Å². The highest BCUT2D eigenvalue weighted by molar-refractivity contribution is 5.97. The quantitative estimate of drug-likeness (QED) is 0.220. The Balaban J connectivity index is 2.21. The molecular formula is C27H46N2O3. The molecule has 0 aliphatic heterocycles. The smallest absolute Gasteiger partial charge is 0.257 e. The first-order valence-corrected chi connectivity index (χ1v) is 12.9. The number of pyridine rings is 1. The predicted molar refractivity (Wildman–Crippen MR) is 132 cm³/mol. The van der Waals surface area contributed by atoms with Gasteiger partial charge in [-0.2, -0.15) is 0 Å². The number of nitrogens with zero attached hydrogens (tertiary/aromatic N) is 2. The molecule has 0 aliphatic rings. The number of unbranched alkanes of at least 4 members (excludes halogenated alkanes) is 9. The van der Waals surface area contributed by atoms with Gasteiger partial charge in [-0.15, -0.1) is 0 Å². The number of carbonyl (C=O) groups is 2. The first kappa shape index (κ1) is 28.1. The maximum atomic E-state index is 12.8. The molecule has 5 heteroatoms. The van der Waals surface area contributed by atoms with Crippen LogP contribution >= 0.6 is 0 Å². The lowest BCUT2D eigenvalue weighted by atomic mass is 10.0. The summed E-state index contributed by atoms with van der Waals surface area (Å²) in [4.78, 5) is 30.6. The van der Waals surface area contributed by atoms with Gasteiger partial charge in [0.05, 0.1) is 18.4 Å². The van der Waals surface area contributed by atoms with Crippen molar-refractivity contribution in [1.82, 2.24) is 9.88 Å². The summed E-state index contributed by atoms with van der Waals surface area (Å²) in [5.74, 6) is 1.09. The van der Waals surface area contributed by atoms with Gasteiger partial charge in [-0.3, -0.25) is 14.6 Å². The number of aryl methyl sites for hydroxylation is 1. The first-order chi connectivity index (χ1) is 15.6. The Bertz CT molecular complexity index is 656. The van der Waals surface area contributed by atoms with Gasteiger partial charge in [0.1, 0.15) is 5.78 Å². The molecule has 0 bridgehead atoms. The van der Waals surface area contributed by atoms with E-state index in [-0.39, 0.29) is 5.91 Å². The van der Waals surface area contributed by atoms with E-state index < -0.39 is 0 Å². The predicted octanol–water partition coefficient (Wildman–Crippen LogP) is 6.78. The maximum Gasteiger partial charge on any atom is 0.257 e. The minimum Gasteiger partial charge on any atom is -0.494 e. The van der Waals surface area contributed by atoms with Crippen LogP contribution in [0.1, 0.15) is 120 Å². The van der Waals surface area contributed by atoms with Crippen molar-refractivity contribution in [1.29, 1.82) is 0 Å². The zero-order valence-corrected chi connectivity index (χ0v) is 21.1. The molecule has 1 aromatic heterocycles. The molecule has 0 aliphatic carbocycles. The van der Waals surface area contributed by atoms with E-state index in [2.05, 4.69) is 11.9 Å². The first-order valence-electron chi connectivity index (χ1n) is 12.9. The summed E-state index contributed by atoms with van der Waals surface area (Å²) in [6.07, 6.45) is 17.3. The third-order valence-electron chi connectivity index (χ3n) is 6.11. The van der Waals surface area contributed by atoms with E-state index in [1.807, 2.05) is 18.7 Å². The summed E-state index contributed by atoms with van der Waals surface area (Å²) in [7, 11) is 1.63. The SMILES string of the molecule is CCCC(=O)CCCCCCCCCCCCc1nccc(C(=O)N(CC)CC)c1OC. The van der Waals surface area contributed by atoms with Crippen molar-refractivity contribution in [3.63, 3.8) is 0 Å². The highest BCUT2D eigenvalue weighted by Gasteiger charge is 2.20. The van der Waals surface area contributed by atoms with E-state index in [4.69, 9.17) is 4.74 Å². The summed E-state index contributed by atoms with van der Waals surface area (Å²) >= 11 is 0. The number of ether oxygens (including phenoxy) is 1. The highest BCUT2D eigenvalue weighted by atomic mass is 16.5. The lowest BCUT2D eigenvalue weighted by molar-refractivity contribution is -0.119. The number of hydrogen-bond acceptors (Lipinski definition) is 4. The van der Waals surface area contributed by atoms with Crippen LogP contribution in [0.3, 0.4) is 0 Å². The number of hydrogen-bond donors (Lipinski definition) is 0. The average Bonchev–Trinajstić information content (AvgIpc) is 2.80. The number of rotatable bonds is 19. The van der Waals surface area contributed by atoms with Gasteiger partial charge in [0.25, 0.3) is 5.91 Å². The van der Waals surface area contributed by atoms with Crippen molar-refractivity contribution >= 4 is 11.7 Å². The summed E-state index contributed by atoms with van der Waals surface area (Å²) in [5, 5.41) is 0. The fourth-order valence-electron chi connectivity index (χ4n) is 4.18. The summed E-state index contributed by atoms with van der Waals surface area (Å²) in [6.45, 7) is 7.43. The fraction of sp³-hybridized carbons (Fsp3) is 0.741. The van der Waals surface area contributed by atoms with E-state index in [0.717, 1.165) is 44.2 Å². The molecule has 182 valence electrons. The molecule has 0 saturated heterocycles. The van der Waals surface area contributed by atoms with Crippen LogP contribution in [0.15, 0.2) is 12.3 Å². The minimum atomic E-state index is 0.0167. The van der Waals surface area contributed by atoms with Crippen LogP contribution in [0.25, 0.3) is 0 Å². The molecule has 0 aromatic carbocycles. The van der Waals surface area contributed by atoms with Gasteiger partial charge in [-0.25, -0.2) is 0 Å². The number of ketones is 1. The molecule has 0 atom stereocenters. The number of Topliss-reactive ketones (excluding diaryl/α,β-unsaturated/α-hetero) is 1. The molecule has 1 heterocycles. The Morgan fingerprint density at radius 2 is 1.41 bits per heavy atom. The minimum absolute atomic E-state index is 0.0167. The second-order valence-corrected chi connectivity index (χ2v) is 8.64. The number of carbonyl (C=O) groups excluding carboxylic acids is 2. The van der Waals surface area contributed by atoms with Crippen LogP contribution in [-0.2, 0) is 11.2 Å². The molecule has 5 nitrogen and oxygen atoms in total. The zero-order valence-electron chi connectivity index (χ0n) is 21.1. The van der Waals surface area contributed by atoms with Crippen LogP contribution in [0.5, 0.6) is 5.75 Å². The lowest BCUT2D eigenvalue weighted by Gasteiger charge is -2.20. The summed E-state index contributed by atoms with van der Waals surface area (Å²) < 4.78 is 5.58. The van der Waals surface area contributed by atoms with Gasteiger partial charge in [-0.05, 0) is 45.6 Å². The Hall–Kier alpha value is -1.91. The summed E-state index contributed by atoms with van der Waals surface area (Å²) in [5.41, 5.74) is 1.51. The Morgan fingerprint density at radius 1 is 0.844 bits per heavy atom. The molecule has 0 N–H and O–H groups in total. The summed E-state index contributed by atoms with van der Waals surface area (Å²) in [6, 6.07) is 1.77. The number of amides is 1. The third kappa shape index (κ3) is 10.6. The van der Waals surface area contributed by atoms with Crippen molar-refractivity contribution in [2.75, 3.05) is 20.2 Å². The number of methoxy groups -OCH3 is 1. The van der Waals surface area contributed by atoms with Gasteiger partial charge in [-0.1, -0.05) is 58.3 Å². The Labute approximate surface area is 196 Å². The largest absolute Gasteiger partial charge is 0.494 e. The Morgan fingerprint density at radius 3 is 1.94 bits per heavy atom. The number of aromatic nitrogens is 1. The van der Waals surface area contributed by atoms with Crippen molar-refractivity contribution < 1.29 is 14.3 Å². The molecule has 0 radical (unpaired) electrons. The topological polar surface area (TPSA) is 59.5 Å². The molecule has 1 rings (SSSR count). The fourth-order valence-corrected chi connectivity index (χ4v) is 4.18. The van der Waals surface area contributed by atoms with Gasteiger partial charge >= 0.3 is 0 Å². The van der Waals surface area contributed by atoms with Gasteiger partial charge < -0.3 is 9.64 Å². The Kier molecular flexibility index (Phi) is 15.5. The van der Waals surface area contributed by atoms with Crippen molar-refractivity contribution in [3.05, 3.63) is 23.5 Å². The molecule has 0 spiro atoms. The van der Waals surface area contributed by atoms with Crippen molar-refractivity contribution in [3.8, 4) is 5.75 Å². The van der Waals surface area contributed by atoms with Crippen LogP contribution < -0.4 is 4.74 Å². The lowest BCUT2D eigenvalue weighted by Crippen LogP contribution is -2.31. The molecule has 0 saturated carbocycles. The maximum absolute atomic E-state index is 12.8. The molecule has 1 aromatic rings. The van der Waals surface area contributed by atoms with E-state index in [1.54, 1.807) is 19.4 Å². The average molecular weight is 447 g/mol. The van der Waals surface area contributed by atoms with Crippen molar-refractivity contribution in [2.45, 2.75) is 111 Å². The van der Waals surface area contributed by atoms with Gasteiger partial charge in [0.15, 0.2) is 5.75 Å². The second-order valence-electron chi connectivity index (χ2n) is 8.64. The molecule has 1 amide bonds.